The lowest BCUT2D eigenvalue weighted by Crippen LogP contribution is -2.46. The molecule has 1 aliphatic heterocycles. The van der Waals surface area contributed by atoms with Crippen LogP contribution in [0.1, 0.15) is 0 Å². The number of amides is 1. The van der Waals surface area contributed by atoms with Crippen LogP contribution in [0.5, 0.6) is 0 Å². The Balaban J connectivity index is 1.99. The van der Waals surface area contributed by atoms with Crippen LogP contribution >= 0.6 is 11.8 Å². The highest BCUT2D eigenvalue weighted by Gasteiger charge is 2.21. The summed E-state index contributed by atoms with van der Waals surface area (Å²) in [4.78, 5) is 15.4. The lowest BCUT2D eigenvalue weighted by molar-refractivity contribution is -0.117. The highest BCUT2D eigenvalue weighted by atomic mass is 32.2. The van der Waals surface area contributed by atoms with Crippen LogP contribution in [0.4, 0.5) is 10.1 Å². The molecule has 0 bridgehead atoms. The second kappa shape index (κ2) is 5.27. The molecule has 16 heavy (non-hydrogen) atoms. The summed E-state index contributed by atoms with van der Waals surface area (Å²) < 4.78 is 13.2. The predicted octanol–water partition coefficient (Wildman–Crippen LogP) is 0.864. The number of pyridine rings is 1. The molecule has 0 spiro atoms. The average Bonchev–Trinajstić information content (AvgIpc) is 2.33. The van der Waals surface area contributed by atoms with Gasteiger partial charge in [-0.15, -0.1) is 0 Å². The van der Waals surface area contributed by atoms with Gasteiger partial charge >= 0.3 is 0 Å². The molecule has 2 heterocycles. The first-order valence-electron chi connectivity index (χ1n) is 4.99. The molecule has 2 rings (SSSR count). The molecule has 0 radical (unpaired) electrons. The first-order chi connectivity index (χ1) is 7.77. The third kappa shape index (κ3) is 2.70. The van der Waals surface area contributed by atoms with Gasteiger partial charge in [-0.3, -0.25) is 9.78 Å². The number of carbonyl (C=O) groups is 1. The Bertz CT molecular complexity index is 382. The summed E-state index contributed by atoms with van der Waals surface area (Å²) in [6.07, 6.45) is 2.53. The number of thioether (sulfide) groups is 1. The van der Waals surface area contributed by atoms with Crippen LogP contribution < -0.4 is 10.6 Å². The third-order valence-corrected chi connectivity index (χ3v) is 3.33. The Morgan fingerprint density at radius 1 is 1.69 bits per heavy atom. The molecule has 1 fully saturated rings. The number of halogens is 1. The summed E-state index contributed by atoms with van der Waals surface area (Å²) in [6, 6.07) is 1.20. The molecule has 1 aromatic heterocycles. The molecule has 1 aliphatic rings. The van der Waals surface area contributed by atoms with E-state index in [1.807, 2.05) is 0 Å². The molecular formula is C10H12FN3OS. The van der Waals surface area contributed by atoms with Crippen LogP contribution in [-0.2, 0) is 4.79 Å². The molecule has 1 amide bonds. The maximum absolute atomic E-state index is 13.2. The summed E-state index contributed by atoms with van der Waals surface area (Å²) in [5.74, 6) is 1.02. The van der Waals surface area contributed by atoms with Crippen LogP contribution in [0.25, 0.3) is 0 Å². The summed E-state index contributed by atoms with van der Waals surface area (Å²) >= 11 is 1.72. The fourth-order valence-corrected chi connectivity index (χ4v) is 2.36. The Labute approximate surface area is 97.0 Å². The third-order valence-electron chi connectivity index (χ3n) is 2.27. The zero-order chi connectivity index (χ0) is 11.4. The standard InChI is InChI=1S/C10H12FN3OS/c11-7-5-12-2-1-8(7)14-10(15)9-6-16-4-3-13-9/h1-2,5,9,13H,3-4,6H2,(H,12,14,15). The van der Waals surface area contributed by atoms with E-state index in [0.29, 0.717) is 0 Å². The number of hydrogen-bond acceptors (Lipinski definition) is 4. The lowest BCUT2D eigenvalue weighted by atomic mass is 10.3. The highest BCUT2D eigenvalue weighted by molar-refractivity contribution is 7.99. The molecule has 1 atom stereocenters. The van der Waals surface area contributed by atoms with Crippen molar-refractivity contribution in [3.05, 3.63) is 24.3 Å². The molecule has 0 aliphatic carbocycles. The summed E-state index contributed by atoms with van der Waals surface area (Å²) in [7, 11) is 0. The lowest BCUT2D eigenvalue weighted by Gasteiger charge is -2.22. The van der Waals surface area contributed by atoms with Gasteiger partial charge in [0.1, 0.15) is 0 Å². The first-order valence-corrected chi connectivity index (χ1v) is 6.14. The number of aromatic nitrogens is 1. The van der Waals surface area contributed by atoms with E-state index in [2.05, 4.69) is 15.6 Å². The second-order valence-corrected chi connectivity index (χ2v) is 4.58. The van der Waals surface area contributed by atoms with E-state index in [9.17, 15) is 9.18 Å². The van der Waals surface area contributed by atoms with Gasteiger partial charge in [-0.25, -0.2) is 4.39 Å². The molecule has 2 N–H and O–H groups in total. The number of anilines is 1. The van der Waals surface area contributed by atoms with Gasteiger partial charge in [0.2, 0.25) is 5.91 Å². The largest absolute Gasteiger partial charge is 0.322 e. The van der Waals surface area contributed by atoms with E-state index >= 15 is 0 Å². The maximum Gasteiger partial charge on any atom is 0.242 e. The van der Waals surface area contributed by atoms with Crippen molar-refractivity contribution in [3.63, 3.8) is 0 Å². The van der Waals surface area contributed by atoms with Crippen molar-refractivity contribution in [3.8, 4) is 0 Å². The van der Waals surface area contributed by atoms with Gasteiger partial charge in [0.05, 0.1) is 17.9 Å². The number of nitrogens with zero attached hydrogens (tertiary/aromatic N) is 1. The van der Waals surface area contributed by atoms with Crippen molar-refractivity contribution >= 4 is 23.4 Å². The zero-order valence-corrected chi connectivity index (χ0v) is 9.39. The minimum atomic E-state index is -0.515. The zero-order valence-electron chi connectivity index (χ0n) is 8.57. The van der Waals surface area contributed by atoms with Gasteiger partial charge in [0.15, 0.2) is 5.82 Å². The fourth-order valence-electron chi connectivity index (χ4n) is 1.43. The molecule has 86 valence electrons. The number of nitrogens with one attached hydrogen (secondary N) is 2. The molecule has 1 unspecified atom stereocenters. The molecule has 4 nitrogen and oxygen atoms in total. The van der Waals surface area contributed by atoms with Crippen molar-refractivity contribution < 1.29 is 9.18 Å². The quantitative estimate of drug-likeness (QED) is 0.806. The molecule has 0 saturated carbocycles. The molecule has 1 saturated heterocycles. The predicted molar refractivity (Wildman–Crippen MR) is 61.9 cm³/mol. The Kier molecular flexibility index (Phi) is 3.74. The van der Waals surface area contributed by atoms with Gasteiger partial charge < -0.3 is 10.6 Å². The smallest absolute Gasteiger partial charge is 0.242 e. The molecule has 0 aromatic carbocycles. The van der Waals surface area contributed by atoms with E-state index < -0.39 is 5.82 Å². The fraction of sp³-hybridized carbons (Fsp3) is 0.400. The van der Waals surface area contributed by atoms with Crippen molar-refractivity contribution in [1.82, 2.24) is 10.3 Å². The van der Waals surface area contributed by atoms with E-state index in [1.54, 1.807) is 11.8 Å². The van der Waals surface area contributed by atoms with E-state index in [-0.39, 0.29) is 17.6 Å². The Morgan fingerprint density at radius 3 is 3.25 bits per heavy atom. The second-order valence-electron chi connectivity index (χ2n) is 3.43. The minimum absolute atomic E-state index is 0.178. The Hall–Kier alpha value is -1.14. The van der Waals surface area contributed by atoms with Crippen molar-refractivity contribution in [1.29, 1.82) is 0 Å². The normalized spacial score (nSPS) is 20.4. The van der Waals surface area contributed by atoms with Crippen molar-refractivity contribution in [2.45, 2.75) is 6.04 Å². The average molecular weight is 241 g/mol. The monoisotopic (exact) mass is 241 g/mol. The SMILES string of the molecule is O=C(Nc1ccncc1F)C1CSCCN1. The van der Waals surface area contributed by atoms with Gasteiger partial charge in [-0.2, -0.15) is 11.8 Å². The first kappa shape index (κ1) is 11.3. The molecule has 1 aromatic rings. The van der Waals surface area contributed by atoms with Gasteiger partial charge in [0, 0.05) is 24.2 Å². The summed E-state index contributed by atoms with van der Waals surface area (Å²) in [5, 5.41) is 5.64. The van der Waals surface area contributed by atoms with E-state index in [4.69, 9.17) is 0 Å². The van der Waals surface area contributed by atoms with Crippen LogP contribution in [-0.4, -0.2) is 35.0 Å². The van der Waals surface area contributed by atoms with E-state index in [1.165, 1.54) is 12.3 Å². The van der Waals surface area contributed by atoms with Crippen LogP contribution in [0, 0.1) is 5.82 Å². The van der Waals surface area contributed by atoms with Gasteiger partial charge in [0.25, 0.3) is 0 Å². The van der Waals surface area contributed by atoms with E-state index in [0.717, 1.165) is 24.2 Å². The van der Waals surface area contributed by atoms with Crippen molar-refractivity contribution in [2.24, 2.45) is 0 Å². The van der Waals surface area contributed by atoms with Crippen LogP contribution in [0.3, 0.4) is 0 Å². The van der Waals surface area contributed by atoms with Crippen molar-refractivity contribution in [2.75, 3.05) is 23.4 Å². The van der Waals surface area contributed by atoms with Gasteiger partial charge in [-0.1, -0.05) is 0 Å². The van der Waals surface area contributed by atoms with Gasteiger partial charge in [-0.05, 0) is 6.07 Å². The minimum Gasteiger partial charge on any atom is -0.322 e. The summed E-state index contributed by atoms with van der Waals surface area (Å²) in [5.41, 5.74) is 0.178. The van der Waals surface area contributed by atoms with Crippen LogP contribution in [0.2, 0.25) is 0 Å². The Morgan fingerprint density at radius 2 is 2.56 bits per heavy atom. The molecule has 6 heteroatoms. The number of hydrogen-bond donors (Lipinski definition) is 2. The van der Waals surface area contributed by atoms with Crippen LogP contribution in [0.15, 0.2) is 18.5 Å². The summed E-state index contributed by atoms with van der Waals surface area (Å²) in [6.45, 7) is 0.807. The number of carbonyl (C=O) groups excluding carboxylic acids is 1. The number of rotatable bonds is 2. The maximum atomic E-state index is 13.2. The highest BCUT2D eigenvalue weighted by Crippen LogP contribution is 2.13. The topological polar surface area (TPSA) is 54.0 Å². The molecular weight excluding hydrogens is 229 g/mol.